The standard InChI is InChI=1S/C12H13BrFNO2/c13-7-11-8-17-6-5-15(11)12(16)9-1-3-10(14)4-2-9/h1-4,11H,5-8H2. The third-order valence-corrected chi connectivity index (χ3v) is 3.51. The first-order chi connectivity index (χ1) is 8.22. The summed E-state index contributed by atoms with van der Waals surface area (Å²) in [6.07, 6.45) is 0. The van der Waals surface area contributed by atoms with Crippen LogP contribution in [0.15, 0.2) is 24.3 Å². The fourth-order valence-electron chi connectivity index (χ4n) is 1.81. The first kappa shape index (κ1) is 12.5. The minimum absolute atomic E-state index is 0.0429. The second-order valence-corrected chi connectivity index (χ2v) is 4.54. The molecule has 1 amide bonds. The quantitative estimate of drug-likeness (QED) is 0.783. The molecule has 1 heterocycles. The molecule has 0 aromatic heterocycles. The third-order valence-electron chi connectivity index (χ3n) is 2.76. The number of benzene rings is 1. The van der Waals surface area contributed by atoms with E-state index in [2.05, 4.69) is 15.9 Å². The van der Waals surface area contributed by atoms with Crippen LogP contribution in [0.4, 0.5) is 4.39 Å². The van der Waals surface area contributed by atoms with Crippen molar-refractivity contribution in [2.45, 2.75) is 6.04 Å². The smallest absolute Gasteiger partial charge is 0.254 e. The van der Waals surface area contributed by atoms with Crippen molar-refractivity contribution in [3.8, 4) is 0 Å². The predicted octanol–water partition coefficient (Wildman–Crippen LogP) is 2.06. The highest BCUT2D eigenvalue weighted by Crippen LogP contribution is 2.14. The average molecular weight is 302 g/mol. The van der Waals surface area contributed by atoms with Crippen molar-refractivity contribution in [2.24, 2.45) is 0 Å². The van der Waals surface area contributed by atoms with Gasteiger partial charge in [-0.15, -0.1) is 0 Å². The van der Waals surface area contributed by atoms with E-state index in [1.165, 1.54) is 24.3 Å². The van der Waals surface area contributed by atoms with Crippen LogP contribution in [-0.4, -0.2) is 41.9 Å². The van der Waals surface area contributed by atoms with E-state index in [0.717, 1.165) is 0 Å². The summed E-state index contributed by atoms with van der Waals surface area (Å²) < 4.78 is 18.1. The van der Waals surface area contributed by atoms with Crippen molar-refractivity contribution in [2.75, 3.05) is 25.1 Å². The molecule has 1 saturated heterocycles. The Labute approximate surface area is 108 Å². The van der Waals surface area contributed by atoms with E-state index in [-0.39, 0.29) is 17.8 Å². The summed E-state index contributed by atoms with van der Waals surface area (Å²) in [7, 11) is 0. The number of ether oxygens (including phenoxy) is 1. The van der Waals surface area contributed by atoms with Crippen LogP contribution in [0.2, 0.25) is 0 Å². The summed E-state index contributed by atoms with van der Waals surface area (Å²) in [5, 5.41) is 0.680. The van der Waals surface area contributed by atoms with Crippen LogP contribution in [0.1, 0.15) is 10.4 Å². The first-order valence-electron chi connectivity index (χ1n) is 5.42. The van der Waals surface area contributed by atoms with E-state index < -0.39 is 0 Å². The van der Waals surface area contributed by atoms with Crippen LogP contribution in [0, 0.1) is 5.82 Å². The lowest BCUT2D eigenvalue weighted by atomic mass is 10.1. The number of carbonyl (C=O) groups excluding carboxylic acids is 1. The number of hydrogen-bond acceptors (Lipinski definition) is 2. The number of hydrogen-bond donors (Lipinski definition) is 0. The Morgan fingerprint density at radius 1 is 1.47 bits per heavy atom. The molecule has 0 aliphatic carbocycles. The zero-order valence-electron chi connectivity index (χ0n) is 9.23. The fraction of sp³-hybridized carbons (Fsp3) is 0.417. The highest BCUT2D eigenvalue weighted by atomic mass is 79.9. The largest absolute Gasteiger partial charge is 0.377 e. The summed E-state index contributed by atoms with van der Waals surface area (Å²) in [5.41, 5.74) is 0.513. The Bertz CT molecular complexity index is 396. The molecule has 1 unspecified atom stereocenters. The van der Waals surface area contributed by atoms with E-state index in [4.69, 9.17) is 4.74 Å². The average Bonchev–Trinajstić information content (AvgIpc) is 2.39. The number of carbonyl (C=O) groups is 1. The van der Waals surface area contributed by atoms with Crippen LogP contribution in [0.3, 0.4) is 0 Å². The molecule has 1 aliphatic rings. The first-order valence-corrected chi connectivity index (χ1v) is 6.55. The number of nitrogens with zero attached hydrogens (tertiary/aromatic N) is 1. The van der Waals surface area contributed by atoms with Gasteiger partial charge in [-0.1, -0.05) is 15.9 Å². The van der Waals surface area contributed by atoms with Gasteiger partial charge in [0.15, 0.2) is 0 Å². The number of alkyl halides is 1. The van der Waals surface area contributed by atoms with Crippen LogP contribution in [-0.2, 0) is 4.74 Å². The van der Waals surface area contributed by atoms with Crippen LogP contribution >= 0.6 is 15.9 Å². The molecular formula is C12H13BrFNO2. The minimum Gasteiger partial charge on any atom is -0.377 e. The normalized spacial score (nSPS) is 20.4. The molecule has 3 nitrogen and oxygen atoms in total. The molecular weight excluding hydrogens is 289 g/mol. The van der Waals surface area contributed by atoms with Gasteiger partial charge in [0.1, 0.15) is 5.82 Å². The molecule has 17 heavy (non-hydrogen) atoms. The lowest BCUT2D eigenvalue weighted by Crippen LogP contribution is -2.49. The summed E-state index contributed by atoms with van der Waals surface area (Å²) in [5.74, 6) is -0.404. The van der Waals surface area contributed by atoms with Gasteiger partial charge >= 0.3 is 0 Å². The SMILES string of the molecule is O=C(c1ccc(F)cc1)N1CCOCC1CBr. The zero-order chi connectivity index (χ0) is 12.3. The molecule has 1 aromatic carbocycles. The van der Waals surface area contributed by atoms with Gasteiger partial charge in [-0.2, -0.15) is 0 Å². The van der Waals surface area contributed by atoms with Gasteiger partial charge in [0, 0.05) is 17.4 Å². The molecule has 0 bridgehead atoms. The summed E-state index contributed by atoms with van der Waals surface area (Å²) in [6.45, 7) is 1.67. The van der Waals surface area contributed by atoms with E-state index in [0.29, 0.717) is 30.7 Å². The molecule has 0 radical (unpaired) electrons. The van der Waals surface area contributed by atoms with Crippen molar-refractivity contribution in [3.05, 3.63) is 35.6 Å². The number of rotatable bonds is 2. The zero-order valence-corrected chi connectivity index (χ0v) is 10.8. The monoisotopic (exact) mass is 301 g/mol. The molecule has 1 aliphatic heterocycles. The maximum Gasteiger partial charge on any atom is 0.254 e. The molecule has 0 spiro atoms. The fourth-order valence-corrected chi connectivity index (χ4v) is 2.34. The topological polar surface area (TPSA) is 29.5 Å². The lowest BCUT2D eigenvalue weighted by molar-refractivity contribution is 0.00524. The third kappa shape index (κ3) is 2.84. The molecule has 92 valence electrons. The summed E-state index contributed by atoms with van der Waals surface area (Å²) in [6, 6.07) is 5.67. The van der Waals surface area contributed by atoms with E-state index in [9.17, 15) is 9.18 Å². The van der Waals surface area contributed by atoms with Crippen LogP contribution < -0.4 is 0 Å². The van der Waals surface area contributed by atoms with Gasteiger partial charge in [0.2, 0.25) is 0 Å². The van der Waals surface area contributed by atoms with Gasteiger partial charge < -0.3 is 9.64 Å². The number of amides is 1. The molecule has 0 N–H and O–H groups in total. The van der Waals surface area contributed by atoms with Gasteiger partial charge in [0.05, 0.1) is 19.3 Å². The van der Waals surface area contributed by atoms with Gasteiger partial charge in [-0.3, -0.25) is 4.79 Å². The molecule has 1 aromatic rings. The number of halogens is 2. The highest BCUT2D eigenvalue weighted by Gasteiger charge is 2.27. The van der Waals surface area contributed by atoms with Gasteiger partial charge in [0.25, 0.3) is 5.91 Å². The van der Waals surface area contributed by atoms with E-state index in [1.54, 1.807) is 4.90 Å². The Morgan fingerprint density at radius 3 is 2.82 bits per heavy atom. The Kier molecular flexibility index (Phi) is 4.12. The number of morpholine rings is 1. The van der Waals surface area contributed by atoms with Gasteiger partial charge in [-0.25, -0.2) is 4.39 Å². The molecule has 1 atom stereocenters. The maximum absolute atomic E-state index is 12.8. The van der Waals surface area contributed by atoms with Crippen molar-refractivity contribution in [3.63, 3.8) is 0 Å². The molecule has 0 saturated carbocycles. The van der Waals surface area contributed by atoms with Crippen molar-refractivity contribution in [1.29, 1.82) is 0 Å². The maximum atomic E-state index is 12.8. The van der Waals surface area contributed by atoms with Crippen LogP contribution in [0.25, 0.3) is 0 Å². The van der Waals surface area contributed by atoms with Crippen molar-refractivity contribution < 1.29 is 13.9 Å². The second-order valence-electron chi connectivity index (χ2n) is 3.89. The summed E-state index contributed by atoms with van der Waals surface area (Å²) >= 11 is 3.37. The Morgan fingerprint density at radius 2 is 2.18 bits per heavy atom. The van der Waals surface area contributed by atoms with Crippen molar-refractivity contribution >= 4 is 21.8 Å². The summed E-state index contributed by atoms with van der Waals surface area (Å²) in [4.78, 5) is 14.0. The Balaban J connectivity index is 2.15. The highest BCUT2D eigenvalue weighted by molar-refractivity contribution is 9.09. The molecule has 5 heteroatoms. The molecule has 2 rings (SSSR count). The van der Waals surface area contributed by atoms with Crippen molar-refractivity contribution in [1.82, 2.24) is 4.90 Å². The Hall–Kier alpha value is -0.940. The predicted molar refractivity (Wildman–Crippen MR) is 65.8 cm³/mol. The van der Waals surface area contributed by atoms with E-state index in [1.807, 2.05) is 0 Å². The van der Waals surface area contributed by atoms with E-state index >= 15 is 0 Å². The van der Waals surface area contributed by atoms with Crippen LogP contribution in [0.5, 0.6) is 0 Å². The van der Waals surface area contributed by atoms with Gasteiger partial charge in [-0.05, 0) is 24.3 Å². The molecule has 1 fully saturated rings. The second kappa shape index (κ2) is 5.60. The lowest BCUT2D eigenvalue weighted by Gasteiger charge is -2.34. The minimum atomic E-state index is -0.333.